The van der Waals surface area contributed by atoms with Crippen molar-refractivity contribution in [2.75, 3.05) is 6.61 Å². The van der Waals surface area contributed by atoms with Crippen molar-refractivity contribution in [3.05, 3.63) is 47.4 Å². The van der Waals surface area contributed by atoms with Crippen LogP contribution in [0.3, 0.4) is 0 Å². The lowest BCUT2D eigenvalue weighted by molar-refractivity contribution is 0.278. The van der Waals surface area contributed by atoms with Gasteiger partial charge in [-0.2, -0.15) is 0 Å². The van der Waals surface area contributed by atoms with Gasteiger partial charge in [-0.05, 0) is 18.2 Å². The molecule has 0 aliphatic rings. The van der Waals surface area contributed by atoms with Crippen LogP contribution in [0.5, 0.6) is 0 Å². The van der Waals surface area contributed by atoms with Crippen molar-refractivity contribution in [1.82, 2.24) is 14.5 Å². The molecule has 0 spiro atoms. The molecule has 2 aromatic heterocycles. The van der Waals surface area contributed by atoms with Crippen molar-refractivity contribution in [2.45, 2.75) is 6.54 Å². The fourth-order valence-corrected chi connectivity index (χ4v) is 2.30. The number of aliphatic hydroxyl groups excluding tert-OH is 1. The molecule has 2 heterocycles. The first-order valence-corrected chi connectivity index (χ1v) is 6.46. The van der Waals surface area contributed by atoms with Crippen LogP contribution in [0.4, 0.5) is 4.39 Å². The Kier molecular flexibility index (Phi) is 3.38. The molecule has 0 unspecified atom stereocenters. The van der Waals surface area contributed by atoms with Gasteiger partial charge in [0.15, 0.2) is 5.65 Å². The third kappa shape index (κ3) is 2.15. The third-order valence-corrected chi connectivity index (χ3v) is 3.20. The largest absolute Gasteiger partial charge is 0.395 e. The van der Waals surface area contributed by atoms with Crippen molar-refractivity contribution in [2.24, 2.45) is 0 Å². The highest BCUT2D eigenvalue weighted by atomic mass is 35.5. The quantitative estimate of drug-likeness (QED) is 0.807. The minimum absolute atomic E-state index is 0.0861. The van der Waals surface area contributed by atoms with Gasteiger partial charge in [0.1, 0.15) is 17.2 Å². The first-order chi connectivity index (χ1) is 9.70. The van der Waals surface area contributed by atoms with Gasteiger partial charge < -0.3 is 9.67 Å². The van der Waals surface area contributed by atoms with Crippen molar-refractivity contribution in [1.29, 1.82) is 0 Å². The summed E-state index contributed by atoms with van der Waals surface area (Å²) in [5, 5.41) is 9.66. The molecule has 0 saturated heterocycles. The second-order valence-corrected chi connectivity index (χ2v) is 4.72. The number of rotatable bonds is 3. The van der Waals surface area contributed by atoms with Crippen LogP contribution in [0.15, 0.2) is 36.5 Å². The number of aromatic nitrogens is 3. The molecule has 4 nitrogen and oxygen atoms in total. The van der Waals surface area contributed by atoms with Crippen LogP contribution >= 0.6 is 11.6 Å². The summed E-state index contributed by atoms with van der Waals surface area (Å²) in [4.78, 5) is 8.60. The Morgan fingerprint density at radius 1 is 1.30 bits per heavy atom. The Labute approximate surface area is 119 Å². The lowest BCUT2D eigenvalue weighted by Crippen LogP contribution is -2.05. The molecule has 1 aromatic carbocycles. The molecule has 0 amide bonds. The second-order valence-electron chi connectivity index (χ2n) is 4.29. The fourth-order valence-electron chi connectivity index (χ4n) is 2.15. The van der Waals surface area contributed by atoms with E-state index < -0.39 is 0 Å². The monoisotopic (exact) mass is 291 g/mol. The van der Waals surface area contributed by atoms with Gasteiger partial charge in [0.2, 0.25) is 0 Å². The van der Waals surface area contributed by atoms with E-state index in [1.807, 2.05) is 0 Å². The van der Waals surface area contributed by atoms with E-state index in [9.17, 15) is 9.50 Å². The topological polar surface area (TPSA) is 50.9 Å². The average Bonchev–Trinajstić information content (AvgIpc) is 2.77. The number of fused-ring (bicyclic) bond motifs is 1. The molecule has 0 atom stereocenters. The standard InChI is InChI=1S/C14H11ClFN3O/c15-9-7-12-14(17-8-9)19(5-6-20)13(18-12)10-3-1-2-4-11(10)16/h1-4,7-8,20H,5-6H2. The summed E-state index contributed by atoms with van der Waals surface area (Å²) in [5.74, 6) is 0.0648. The van der Waals surface area contributed by atoms with Gasteiger partial charge >= 0.3 is 0 Å². The first-order valence-electron chi connectivity index (χ1n) is 6.08. The molecule has 20 heavy (non-hydrogen) atoms. The number of nitrogens with zero attached hydrogens (tertiary/aromatic N) is 3. The summed E-state index contributed by atoms with van der Waals surface area (Å²) in [6.45, 7) is 0.200. The second kappa shape index (κ2) is 5.19. The van der Waals surface area contributed by atoms with Crippen LogP contribution in [0.25, 0.3) is 22.6 Å². The Balaban J connectivity index is 2.29. The first kappa shape index (κ1) is 13.0. The number of imidazole rings is 1. The highest BCUT2D eigenvalue weighted by Crippen LogP contribution is 2.26. The van der Waals surface area contributed by atoms with E-state index in [2.05, 4.69) is 9.97 Å². The summed E-state index contributed by atoms with van der Waals surface area (Å²) >= 11 is 5.90. The number of hydrogen-bond donors (Lipinski definition) is 1. The van der Waals surface area contributed by atoms with Gasteiger partial charge in [-0.3, -0.25) is 0 Å². The summed E-state index contributed by atoms with van der Waals surface area (Å²) < 4.78 is 15.6. The molecule has 102 valence electrons. The van der Waals surface area contributed by atoms with Gasteiger partial charge in [0, 0.05) is 12.7 Å². The predicted molar refractivity (Wildman–Crippen MR) is 75.0 cm³/mol. The minimum Gasteiger partial charge on any atom is -0.395 e. The molecule has 0 fully saturated rings. The summed E-state index contributed by atoms with van der Waals surface area (Å²) in [6.07, 6.45) is 1.50. The van der Waals surface area contributed by atoms with E-state index >= 15 is 0 Å². The molecular weight excluding hydrogens is 281 g/mol. The number of hydrogen-bond acceptors (Lipinski definition) is 3. The van der Waals surface area contributed by atoms with Crippen LogP contribution in [0.2, 0.25) is 5.02 Å². The molecule has 3 rings (SSSR count). The van der Waals surface area contributed by atoms with Crippen LogP contribution in [0, 0.1) is 5.82 Å². The maximum Gasteiger partial charge on any atom is 0.160 e. The highest BCUT2D eigenvalue weighted by Gasteiger charge is 2.16. The number of halogens is 2. The predicted octanol–water partition coefficient (Wildman–Crippen LogP) is 2.88. The Morgan fingerprint density at radius 2 is 2.10 bits per heavy atom. The third-order valence-electron chi connectivity index (χ3n) is 2.99. The van der Waals surface area contributed by atoms with Gasteiger partial charge in [-0.15, -0.1) is 0 Å². The summed E-state index contributed by atoms with van der Waals surface area (Å²) in [5.41, 5.74) is 1.51. The van der Waals surface area contributed by atoms with E-state index in [1.165, 1.54) is 12.3 Å². The van der Waals surface area contributed by atoms with Crippen molar-refractivity contribution >= 4 is 22.8 Å². The normalized spacial score (nSPS) is 11.2. The molecule has 0 aliphatic carbocycles. The molecular formula is C14H11ClFN3O. The average molecular weight is 292 g/mol. The zero-order chi connectivity index (χ0) is 14.1. The minimum atomic E-state index is -0.368. The lowest BCUT2D eigenvalue weighted by atomic mass is 10.2. The van der Waals surface area contributed by atoms with Gasteiger partial charge in [-0.1, -0.05) is 23.7 Å². The molecule has 3 aromatic rings. The fraction of sp³-hybridized carbons (Fsp3) is 0.143. The molecule has 6 heteroatoms. The SMILES string of the molecule is OCCn1c(-c2ccccc2F)nc2cc(Cl)cnc21. The van der Waals surface area contributed by atoms with Crippen molar-refractivity contribution in [3.63, 3.8) is 0 Å². The summed E-state index contributed by atoms with van der Waals surface area (Å²) in [7, 11) is 0. The van der Waals surface area contributed by atoms with E-state index in [4.69, 9.17) is 11.6 Å². The molecule has 0 radical (unpaired) electrons. The molecule has 1 N–H and O–H groups in total. The Bertz CT molecular complexity index is 772. The van der Waals surface area contributed by atoms with Gasteiger partial charge in [-0.25, -0.2) is 14.4 Å². The highest BCUT2D eigenvalue weighted by molar-refractivity contribution is 6.31. The van der Waals surface area contributed by atoms with Crippen LogP contribution in [-0.4, -0.2) is 26.2 Å². The van der Waals surface area contributed by atoms with E-state index in [-0.39, 0.29) is 19.0 Å². The maximum atomic E-state index is 13.9. The Hall–Kier alpha value is -1.98. The van der Waals surface area contributed by atoms with Crippen LogP contribution in [-0.2, 0) is 6.54 Å². The molecule has 0 bridgehead atoms. The maximum absolute atomic E-state index is 13.9. The van der Waals surface area contributed by atoms with E-state index in [0.717, 1.165) is 0 Å². The number of pyridine rings is 1. The van der Waals surface area contributed by atoms with Crippen molar-refractivity contribution < 1.29 is 9.50 Å². The van der Waals surface area contributed by atoms with Gasteiger partial charge in [0.05, 0.1) is 17.2 Å². The van der Waals surface area contributed by atoms with E-state index in [0.29, 0.717) is 27.6 Å². The zero-order valence-electron chi connectivity index (χ0n) is 10.4. The number of benzene rings is 1. The van der Waals surface area contributed by atoms with Crippen LogP contribution in [0.1, 0.15) is 0 Å². The van der Waals surface area contributed by atoms with Gasteiger partial charge in [0.25, 0.3) is 0 Å². The molecule has 0 aliphatic heterocycles. The molecule has 0 saturated carbocycles. The lowest BCUT2D eigenvalue weighted by Gasteiger charge is -2.07. The van der Waals surface area contributed by atoms with Crippen molar-refractivity contribution in [3.8, 4) is 11.4 Å². The Morgan fingerprint density at radius 3 is 2.85 bits per heavy atom. The summed E-state index contributed by atoms with van der Waals surface area (Å²) in [6, 6.07) is 8.04. The smallest absolute Gasteiger partial charge is 0.160 e. The van der Waals surface area contributed by atoms with Crippen LogP contribution < -0.4 is 0 Å². The number of aliphatic hydroxyl groups is 1. The zero-order valence-corrected chi connectivity index (χ0v) is 11.2. The van der Waals surface area contributed by atoms with E-state index in [1.54, 1.807) is 28.8 Å².